The average Bonchev–Trinajstić information content (AvgIpc) is 2.30. The van der Waals surface area contributed by atoms with E-state index in [0.717, 1.165) is 0 Å². The van der Waals surface area contributed by atoms with Gasteiger partial charge in [-0.05, 0) is 18.1 Å². The predicted molar refractivity (Wildman–Crippen MR) is 74.9 cm³/mol. The molecule has 1 rings (SSSR count). The maximum Gasteiger partial charge on any atom is 0.319 e. The molecule has 0 bridgehead atoms. The van der Waals surface area contributed by atoms with Crippen LogP contribution in [0.2, 0.25) is 10.0 Å². The summed E-state index contributed by atoms with van der Waals surface area (Å²) < 4.78 is 0. The molecule has 104 valence electrons. The van der Waals surface area contributed by atoms with Gasteiger partial charge in [0.25, 0.3) is 0 Å². The van der Waals surface area contributed by atoms with E-state index in [2.05, 4.69) is 10.6 Å². The number of benzene rings is 1. The maximum absolute atomic E-state index is 11.6. The summed E-state index contributed by atoms with van der Waals surface area (Å²) in [5.41, 5.74) is 0.328. The molecule has 0 spiro atoms. The number of carbonyl (C=O) groups is 2. The van der Waals surface area contributed by atoms with Crippen molar-refractivity contribution in [1.29, 1.82) is 0 Å². The summed E-state index contributed by atoms with van der Waals surface area (Å²) in [5.74, 6) is -1.06. The lowest BCUT2D eigenvalue weighted by atomic mass is 10.1. The molecule has 0 radical (unpaired) electrons. The van der Waals surface area contributed by atoms with Gasteiger partial charge in [0.1, 0.15) is 0 Å². The molecule has 0 saturated heterocycles. The molecule has 1 aromatic carbocycles. The lowest BCUT2D eigenvalue weighted by Gasteiger charge is -2.13. The zero-order valence-corrected chi connectivity index (χ0v) is 11.8. The van der Waals surface area contributed by atoms with Crippen LogP contribution in [0.1, 0.15) is 13.3 Å². The number of rotatable bonds is 5. The number of hydrogen-bond donors (Lipinski definition) is 3. The molecule has 1 atom stereocenters. The van der Waals surface area contributed by atoms with E-state index in [1.165, 1.54) is 0 Å². The first-order chi connectivity index (χ1) is 8.90. The minimum Gasteiger partial charge on any atom is -0.481 e. The van der Waals surface area contributed by atoms with Gasteiger partial charge < -0.3 is 15.7 Å². The SMILES string of the molecule is CC(CNC(=O)Nc1c(Cl)cccc1Cl)CC(=O)O. The van der Waals surface area contributed by atoms with E-state index in [1.807, 2.05) is 0 Å². The van der Waals surface area contributed by atoms with Gasteiger partial charge in [-0.2, -0.15) is 0 Å². The van der Waals surface area contributed by atoms with Crippen molar-refractivity contribution in [1.82, 2.24) is 5.32 Å². The van der Waals surface area contributed by atoms with Crippen molar-refractivity contribution < 1.29 is 14.7 Å². The van der Waals surface area contributed by atoms with E-state index in [-0.39, 0.29) is 18.9 Å². The Bertz CT molecular complexity index is 460. The summed E-state index contributed by atoms with van der Waals surface area (Å²) in [6.07, 6.45) is -0.00682. The van der Waals surface area contributed by atoms with Crippen LogP contribution in [0.4, 0.5) is 10.5 Å². The molecule has 0 aromatic heterocycles. The van der Waals surface area contributed by atoms with Crippen LogP contribution in [0.15, 0.2) is 18.2 Å². The minimum absolute atomic E-state index is 0.00682. The van der Waals surface area contributed by atoms with Gasteiger partial charge in [0.05, 0.1) is 15.7 Å². The topological polar surface area (TPSA) is 78.4 Å². The fourth-order valence-electron chi connectivity index (χ4n) is 1.41. The standard InChI is InChI=1S/C12H14Cl2N2O3/c1-7(5-10(17)18)6-15-12(19)16-11-8(13)3-2-4-9(11)14/h2-4,7H,5-6H2,1H3,(H,17,18)(H2,15,16,19). The van der Waals surface area contributed by atoms with Crippen molar-refractivity contribution in [3.8, 4) is 0 Å². The Hall–Kier alpha value is -1.46. The Morgan fingerprint density at radius 1 is 1.32 bits per heavy atom. The van der Waals surface area contributed by atoms with Crippen LogP contribution in [0.25, 0.3) is 0 Å². The maximum atomic E-state index is 11.6. The number of aliphatic carboxylic acids is 1. The highest BCUT2D eigenvalue weighted by atomic mass is 35.5. The van der Waals surface area contributed by atoms with Crippen LogP contribution in [0.3, 0.4) is 0 Å². The van der Waals surface area contributed by atoms with Crippen LogP contribution in [0.5, 0.6) is 0 Å². The van der Waals surface area contributed by atoms with E-state index in [4.69, 9.17) is 28.3 Å². The summed E-state index contributed by atoms with van der Waals surface area (Å²) in [7, 11) is 0. The molecule has 0 aliphatic rings. The van der Waals surface area contributed by atoms with E-state index in [0.29, 0.717) is 15.7 Å². The Morgan fingerprint density at radius 3 is 2.42 bits per heavy atom. The summed E-state index contributed by atoms with van der Waals surface area (Å²) in [6.45, 7) is 1.98. The molecule has 1 aromatic rings. The lowest BCUT2D eigenvalue weighted by Crippen LogP contribution is -2.33. The van der Waals surface area contributed by atoms with E-state index < -0.39 is 12.0 Å². The van der Waals surface area contributed by atoms with Gasteiger partial charge in [-0.25, -0.2) is 4.79 Å². The van der Waals surface area contributed by atoms with Crippen molar-refractivity contribution in [3.63, 3.8) is 0 Å². The van der Waals surface area contributed by atoms with Crippen molar-refractivity contribution >= 4 is 40.9 Å². The normalized spacial score (nSPS) is 11.7. The van der Waals surface area contributed by atoms with Gasteiger partial charge in [-0.3, -0.25) is 4.79 Å². The first-order valence-electron chi connectivity index (χ1n) is 5.60. The lowest BCUT2D eigenvalue weighted by molar-refractivity contribution is -0.137. The van der Waals surface area contributed by atoms with E-state index >= 15 is 0 Å². The largest absolute Gasteiger partial charge is 0.481 e. The second-order valence-electron chi connectivity index (χ2n) is 4.13. The van der Waals surface area contributed by atoms with Crippen LogP contribution in [0, 0.1) is 5.92 Å². The smallest absolute Gasteiger partial charge is 0.319 e. The van der Waals surface area contributed by atoms with Crippen LogP contribution in [-0.4, -0.2) is 23.7 Å². The number of anilines is 1. The number of carbonyl (C=O) groups excluding carboxylic acids is 1. The molecule has 0 fully saturated rings. The average molecular weight is 305 g/mol. The van der Waals surface area contributed by atoms with Crippen molar-refractivity contribution in [2.75, 3.05) is 11.9 Å². The molecule has 5 nitrogen and oxygen atoms in total. The number of carboxylic acids is 1. The monoisotopic (exact) mass is 304 g/mol. The quantitative estimate of drug-likeness (QED) is 0.781. The number of para-hydroxylation sites is 1. The molecular formula is C12H14Cl2N2O3. The molecule has 2 amide bonds. The molecule has 0 aliphatic heterocycles. The Balaban J connectivity index is 2.50. The zero-order valence-electron chi connectivity index (χ0n) is 10.2. The van der Waals surface area contributed by atoms with Crippen LogP contribution >= 0.6 is 23.2 Å². The molecule has 7 heteroatoms. The highest BCUT2D eigenvalue weighted by Gasteiger charge is 2.11. The number of hydrogen-bond acceptors (Lipinski definition) is 2. The molecule has 0 heterocycles. The molecular weight excluding hydrogens is 291 g/mol. The van der Waals surface area contributed by atoms with Gasteiger partial charge in [0, 0.05) is 13.0 Å². The highest BCUT2D eigenvalue weighted by molar-refractivity contribution is 6.39. The third-order valence-electron chi connectivity index (χ3n) is 2.34. The summed E-state index contributed by atoms with van der Waals surface area (Å²) >= 11 is 11.8. The zero-order chi connectivity index (χ0) is 14.4. The van der Waals surface area contributed by atoms with Gasteiger partial charge in [-0.1, -0.05) is 36.2 Å². The number of nitrogens with one attached hydrogen (secondary N) is 2. The Labute approximate surface area is 120 Å². The number of halogens is 2. The van der Waals surface area contributed by atoms with Crippen LogP contribution in [-0.2, 0) is 4.79 Å². The second-order valence-corrected chi connectivity index (χ2v) is 4.95. The first-order valence-corrected chi connectivity index (χ1v) is 6.36. The van der Waals surface area contributed by atoms with Gasteiger partial charge in [0.15, 0.2) is 0 Å². The molecule has 1 unspecified atom stereocenters. The molecule has 3 N–H and O–H groups in total. The third kappa shape index (κ3) is 5.36. The minimum atomic E-state index is -0.899. The van der Waals surface area contributed by atoms with Crippen molar-refractivity contribution in [2.45, 2.75) is 13.3 Å². The Morgan fingerprint density at radius 2 is 1.89 bits per heavy atom. The van der Waals surface area contributed by atoms with Gasteiger partial charge in [0.2, 0.25) is 0 Å². The number of urea groups is 1. The van der Waals surface area contributed by atoms with Crippen LogP contribution < -0.4 is 10.6 Å². The number of carboxylic acid groups (broad SMARTS) is 1. The second kappa shape index (κ2) is 7.21. The first kappa shape index (κ1) is 15.6. The van der Waals surface area contributed by atoms with Crippen molar-refractivity contribution in [2.24, 2.45) is 5.92 Å². The van der Waals surface area contributed by atoms with Gasteiger partial charge >= 0.3 is 12.0 Å². The Kier molecular flexibility index (Phi) is 5.92. The number of amides is 2. The fourth-order valence-corrected chi connectivity index (χ4v) is 1.90. The van der Waals surface area contributed by atoms with Crippen molar-refractivity contribution in [3.05, 3.63) is 28.2 Å². The van der Waals surface area contributed by atoms with E-state index in [9.17, 15) is 9.59 Å². The van der Waals surface area contributed by atoms with E-state index in [1.54, 1.807) is 25.1 Å². The summed E-state index contributed by atoms with van der Waals surface area (Å²) in [5, 5.41) is 14.3. The predicted octanol–water partition coefficient (Wildman–Crippen LogP) is 3.23. The molecule has 0 saturated carbocycles. The fraction of sp³-hybridized carbons (Fsp3) is 0.333. The highest BCUT2D eigenvalue weighted by Crippen LogP contribution is 2.29. The molecule has 0 aliphatic carbocycles. The van der Waals surface area contributed by atoms with Gasteiger partial charge in [-0.15, -0.1) is 0 Å². The third-order valence-corrected chi connectivity index (χ3v) is 2.97. The summed E-state index contributed by atoms with van der Waals surface area (Å²) in [6, 6.07) is 4.40. The molecule has 19 heavy (non-hydrogen) atoms. The summed E-state index contributed by atoms with van der Waals surface area (Å²) in [4.78, 5) is 22.1.